The third-order valence-electron chi connectivity index (χ3n) is 7.89. The first kappa shape index (κ1) is 38.6. The number of methoxy groups -OCH3 is 1. The second-order valence-electron chi connectivity index (χ2n) is 11.8. The van der Waals surface area contributed by atoms with Crippen molar-refractivity contribution < 1.29 is 46.6 Å². The third kappa shape index (κ3) is 9.75. The highest BCUT2D eigenvalue weighted by Crippen LogP contribution is 2.38. The first-order chi connectivity index (χ1) is 24.1. The maximum atomic E-state index is 13.6. The lowest BCUT2D eigenvalue weighted by Gasteiger charge is -2.25. The summed E-state index contributed by atoms with van der Waals surface area (Å²) in [6.07, 6.45) is -0.520. The largest absolute Gasteiger partial charge is 0.493 e. The van der Waals surface area contributed by atoms with Gasteiger partial charge in [-0.25, -0.2) is 4.79 Å². The Morgan fingerprint density at radius 1 is 1.02 bits per heavy atom. The molecule has 0 saturated heterocycles. The van der Waals surface area contributed by atoms with Crippen molar-refractivity contribution in [2.45, 2.75) is 45.3 Å². The topological polar surface area (TPSA) is 124 Å². The number of dihydropyridines is 1. The van der Waals surface area contributed by atoms with E-state index in [2.05, 4.69) is 10.3 Å². The second kappa shape index (κ2) is 16.7. The van der Waals surface area contributed by atoms with Gasteiger partial charge in [0.2, 0.25) is 5.91 Å². The average Bonchev–Trinajstić information content (AvgIpc) is 3.08. The van der Waals surface area contributed by atoms with Gasteiger partial charge in [-0.2, -0.15) is 13.2 Å². The second-order valence-corrected chi connectivity index (χ2v) is 12.2. The first-order valence-electron chi connectivity index (χ1n) is 15.9. The Bertz CT molecular complexity index is 1860. The van der Waals surface area contributed by atoms with Gasteiger partial charge in [-0.1, -0.05) is 35.9 Å². The number of hydrogen-bond donors (Lipinski definition) is 1. The molecule has 1 aliphatic heterocycles. The number of amides is 2. The fraction of sp³-hybridized carbons (Fsp3) is 0.324. The van der Waals surface area contributed by atoms with Crippen LogP contribution in [0.15, 0.2) is 71.7 Å². The Kier molecular flexibility index (Phi) is 12.6. The summed E-state index contributed by atoms with van der Waals surface area (Å²) in [6.45, 7) is 3.56. The van der Waals surface area contributed by atoms with E-state index in [0.717, 1.165) is 12.1 Å². The van der Waals surface area contributed by atoms with Gasteiger partial charge in [0.05, 0.1) is 53.1 Å². The number of halogens is 4. The van der Waals surface area contributed by atoms with E-state index in [1.807, 2.05) is 0 Å². The Hall–Kier alpha value is -5.17. The van der Waals surface area contributed by atoms with Gasteiger partial charge in [0, 0.05) is 26.2 Å². The van der Waals surface area contributed by atoms with E-state index < -0.39 is 41.5 Å². The molecule has 3 aromatic carbocycles. The lowest BCUT2D eigenvalue weighted by atomic mass is 9.89. The van der Waals surface area contributed by atoms with Crippen LogP contribution in [0.2, 0.25) is 5.02 Å². The van der Waals surface area contributed by atoms with Gasteiger partial charge < -0.3 is 24.4 Å². The summed E-state index contributed by atoms with van der Waals surface area (Å²) in [6, 6.07) is 11.4. The maximum absolute atomic E-state index is 13.6. The van der Waals surface area contributed by atoms with Crippen LogP contribution in [-0.2, 0) is 26.9 Å². The molecule has 0 aliphatic carbocycles. The minimum absolute atomic E-state index is 0.00781. The highest BCUT2D eigenvalue weighted by molar-refractivity contribution is 6.32. The van der Waals surface area contributed by atoms with Gasteiger partial charge >= 0.3 is 18.1 Å². The minimum Gasteiger partial charge on any atom is -0.493 e. The smallest absolute Gasteiger partial charge is 0.416 e. The van der Waals surface area contributed by atoms with Crippen LogP contribution in [0.1, 0.15) is 70.1 Å². The van der Waals surface area contributed by atoms with Crippen molar-refractivity contribution in [3.05, 3.63) is 99.6 Å². The zero-order chi connectivity index (χ0) is 37.5. The van der Waals surface area contributed by atoms with E-state index in [4.69, 9.17) is 25.8 Å². The molecule has 0 fully saturated rings. The molecule has 1 N–H and O–H groups in total. The van der Waals surface area contributed by atoms with Crippen LogP contribution in [-0.4, -0.2) is 62.2 Å². The normalized spacial score (nSPS) is 15.4. The first-order valence-corrected chi connectivity index (χ1v) is 16.3. The predicted molar refractivity (Wildman–Crippen MR) is 186 cm³/mol. The van der Waals surface area contributed by atoms with E-state index in [9.17, 15) is 32.3 Å². The zero-order valence-electron chi connectivity index (χ0n) is 28.6. The molecule has 0 bridgehead atoms. The van der Waals surface area contributed by atoms with Crippen LogP contribution < -0.4 is 14.8 Å². The lowest BCUT2D eigenvalue weighted by Crippen LogP contribution is -2.30. The number of esters is 2. The molecular weight excluding hydrogens is 691 g/mol. The molecular formula is C37H37ClF3N3O7. The predicted octanol–water partition coefficient (Wildman–Crippen LogP) is 7.50. The third-order valence-corrected chi connectivity index (χ3v) is 8.17. The van der Waals surface area contributed by atoms with E-state index in [0.29, 0.717) is 29.7 Å². The van der Waals surface area contributed by atoms with Crippen molar-refractivity contribution in [1.82, 2.24) is 4.90 Å². The molecule has 4 rings (SSSR count). The molecule has 10 nitrogen and oxygen atoms in total. The summed E-state index contributed by atoms with van der Waals surface area (Å²) >= 11 is 6.29. The fourth-order valence-electron chi connectivity index (χ4n) is 5.32. The molecule has 2 unspecified atom stereocenters. The van der Waals surface area contributed by atoms with Crippen molar-refractivity contribution in [3.63, 3.8) is 0 Å². The number of rotatable bonds is 12. The van der Waals surface area contributed by atoms with Gasteiger partial charge in [0.25, 0.3) is 5.91 Å². The van der Waals surface area contributed by atoms with Gasteiger partial charge in [-0.3, -0.25) is 19.4 Å². The van der Waals surface area contributed by atoms with Gasteiger partial charge in [-0.15, -0.1) is 0 Å². The lowest BCUT2D eigenvalue weighted by molar-refractivity contribution is -0.137. The summed E-state index contributed by atoms with van der Waals surface area (Å²) in [5, 5.41) is 2.81. The summed E-state index contributed by atoms with van der Waals surface area (Å²) in [4.78, 5) is 57.6. The zero-order valence-corrected chi connectivity index (χ0v) is 29.4. The number of aliphatic imine (C=N–C) groups is 1. The summed E-state index contributed by atoms with van der Waals surface area (Å²) in [5.41, 5.74) is 1.52. The van der Waals surface area contributed by atoms with Gasteiger partial charge in [0.1, 0.15) is 0 Å². The van der Waals surface area contributed by atoms with E-state index >= 15 is 0 Å². The molecule has 2 atom stereocenters. The van der Waals surface area contributed by atoms with Crippen LogP contribution >= 0.6 is 11.6 Å². The van der Waals surface area contributed by atoms with Crippen molar-refractivity contribution in [2.75, 3.05) is 33.1 Å². The van der Waals surface area contributed by atoms with Crippen LogP contribution in [0.25, 0.3) is 0 Å². The van der Waals surface area contributed by atoms with E-state index in [1.54, 1.807) is 58.3 Å². The van der Waals surface area contributed by atoms with Crippen molar-refractivity contribution in [1.29, 1.82) is 0 Å². The SMILES string of the molecule is CCOC(=O)c1cc(Cl)c(OC(=O)CCCc2ccc(NC(=O)C3C=CC(C)=NC3c3ccc(C(F)(F)F)cc3)c(C(=O)N(C)C)c2)c(OC)c1. The number of allylic oxidation sites excluding steroid dienone is 1. The van der Waals surface area contributed by atoms with Gasteiger partial charge in [0.15, 0.2) is 11.5 Å². The van der Waals surface area contributed by atoms with E-state index in [1.165, 1.54) is 36.3 Å². The summed E-state index contributed by atoms with van der Waals surface area (Å²) in [5.74, 6) is -2.91. The number of nitrogens with one attached hydrogen (secondary N) is 1. The highest BCUT2D eigenvalue weighted by Gasteiger charge is 2.33. The molecule has 0 radical (unpaired) electrons. The van der Waals surface area contributed by atoms with Crippen molar-refractivity contribution in [3.8, 4) is 11.5 Å². The van der Waals surface area contributed by atoms with Crippen LogP contribution in [0.3, 0.4) is 0 Å². The number of alkyl halides is 3. The van der Waals surface area contributed by atoms with E-state index in [-0.39, 0.29) is 52.3 Å². The van der Waals surface area contributed by atoms with Crippen molar-refractivity contribution in [2.24, 2.45) is 10.9 Å². The number of hydrogen-bond acceptors (Lipinski definition) is 8. The summed E-state index contributed by atoms with van der Waals surface area (Å²) in [7, 11) is 4.48. The van der Waals surface area contributed by atoms with Crippen molar-refractivity contribution >= 4 is 46.8 Å². The Morgan fingerprint density at radius 2 is 1.73 bits per heavy atom. The quantitative estimate of drug-likeness (QED) is 0.151. The number of carbonyl (C=O) groups excluding carboxylic acids is 4. The number of anilines is 1. The molecule has 14 heteroatoms. The molecule has 0 aromatic heterocycles. The standard InChI is InChI=1S/C37H37ClF3N3O7/c1-6-50-36(48)24-19-28(38)33(30(20-24)49-5)51-31(45)9-7-8-22-11-17-29(27(18-22)35(47)44(3)4)43-34(46)26-16-10-21(2)42-32(26)23-12-14-25(15-13-23)37(39,40)41/h10-20,26,32H,6-9H2,1-5H3,(H,43,46). The van der Waals surface area contributed by atoms with Crippen LogP contribution in [0, 0.1) is 5.92 Å². The Labute approximate surface area is 298 Å². The number of nitrogens with zero attached hydrogens (tertiary/aromatic N) is 2. The monoisotopic (exact) mass is 727 g/mol. The molecule has 51 heavy (non-hydrogen) atoms. The fourth-order valence-corrected chi connectivity index (χ4v) is 5.56. The number of carbonyl (C=O) groups is 4. The molecule has 270 valence electrons. The molecule has 0 spiro atoms. The molecule has 1 heterocycles. The highest BCUT2D eigenvalue weighted by atomic mass is 35.5. The average molecular weight is 728 g/mol. The minimum atomic E-state index is -4.51. The Morgan fingerprint density at radius 3 is 2.35 bits per heavy atom. The molecule has 0 saturated carbocycles. The molecule has 1 aliphatic rings. The molecule has 3 aromatic rings. The summed E-state index contributed by atoms with van der Waals surface area (Å²) < 4.78 is 55.2. The van der Waals surface area contributed by atoms with Gasteiger partial charge in [-0.05, 0) is 80.3 Å². The Balaban J connectivity index is 1.46. The number of ether oxygens (including phenoxy) is 3. The maximum Gasteiger partial charge on any atom is 0.416 e. The number of benzene rings is 3. The number of aryl methyl sites for hydroxylation is 1. The molecule has 2 amide bonds. The van der Waals surface area contributed by atoms with Crippen LogP contribution in [0.4, 0.5) is 18.9 Å². The van der Waals surface area contributed by atoms with Crippen LogP contribution in [0.5, 0.6) is 11.5 Å².